The Morgan fingerprint density at radius 2 is 1.77 bits per heavy atom. The number of carbonyl (C=O) groups is 1. The SMILES string of the molecule is Cc1ccsc1C(=O)N1c2ccccc2CCC1CN1CCN(c2cccc3c2OCCO3)CC1. The summed E-state index contributed by atoms with van der Waals surface area (Å²) in [6.07, 6.45) is 2.01. The molecule has 3 aliphatic heterocycles. The van der Waals surface area contributed by atoms with E-state index in [1.165, 1.54) is 5.56 Å². The van der Waals surface area contributed by atoms with Crippen LogP contribution >= 0.6 is 11.3 Å². The van der Waals surface area contributed by atoms with Gasteiger partial charge in [-0.15, -0.1) is 11.3 Å². The van der Waals surface area contributed by atoms with Gasteiger partial charge in [0.25, 0.3) is 5.91 Å². The van der Waals surface area contributed by atoms with E-state index < -0.39 is 0 Å². The molecule has 7 heteroatoms. The number of para-hydroxylation sites is 2. The van der Waals surface area contributed by atoms with Crippen molar-refractivity contribution in [2.75, 3.05) is 55.7 Å². The molecule has 182 valence electrons. The quantitative estimate of drug-likeness (QED) is 0.536. The highest BCUT2D eigenvalue weighted by molar-refractivity contribution is 7.12. The van der Waals surface area contributed by atoms with Crippen LogP contribution in [0.3, 0.4) is 0 Å². The summed E-state index contributed by atoms with van der Waals surface area (Å²) >= 11 is 1.55. The van der Waals surface area contributed by atoms with Crippen molar-refractivity contribution in [3.8, 4) is 11.5 Å². The summed E-state index contributed by atoms with van der Waals surface area (Å²) in [6.45, 7) is 7.92. The number of benzene rings is 2. The Morgan fingerprint density at radius 3 is 2.60 bits per heavy atom. The molecule has 1 saturated heterocycles. The van der Waals surface area contributed by atoms with E-state index in [1.807, 2.05) is 36.6 Å². The summed E-state index contributed by atoms with van der Waals surface area (Å²) in [5, 5.41) is 2.02. The molecule has 1 aromatic heterocycles. The first kappa shape index (κ1) is 22.4. The zero-order valence-electron chi connectivity index (χ0n) is 20.1. The summed E-state index contributed by atoms with van der Waals surface area (Å²) in [6, 6.07) is 16.8. The van der Waals surface area contributed by atoms with Crippen molar-refractivity contribution in [3.05, 3.63) is 69.9 Å². The van der Waals surface area contributed by atoms with Gasteiger partial charge in [-0.1, -0.05) is 24.3 Å². The van der Waals surface area contributed by atoms with E-state index in [9.17, 15) is 4.79 Å². The molecule has 35 heavy (non-hydrogen) atoms. The largest absolute Gasteiger partial charge is 0.486 e. The van der Waals surface area contributed by atoms with E-state index in [2.05, 4.69) is 39.0 Å². The number of carbonyl (C=O) groups excluding carboxylic acids is 1. The molecule has 0 spiro atoms. The van der Waals surface area contributed by atoms with Crippen LogP contribution in [0.4, 0.5) is 11.4 Å². The Bertz CT molecular complexity index is 1220. The Kier molecular flexibility index (Phi) is 6.12. The summed E-state index contributed by atoms with van der Waals surface area (Å²) in [7, 11) is 0. The molecular formula is C28H31N3O3S. The maximum absolute atomic E-state index is 13.8. The van der Waals surface area contributed by atoms with E-state index in [-0.39, 0.29) is 11.9 Å². The van der Waals surface area contributed by atoms with Crippen molar-refractivity contribution in [3.63, 3.8) is 0 Å². The van der Waals surface area contributed by atoms with E-state index in [4.69, 9.17) is 9.47 Å². The maximum Gasteiger partial charge on any atom is 0.268 e. The minimum absolute atomic E-state index is 0.140. The predicted molar refractivity (Wildman–Crippen MR) is 141 cm³/mol. The fourth-order valence-corrected chi connectivity index (χ4v) is 6.39. The van der Waals surface area contributed by atoms with Gasteiger partial charge < -0.3 is 19.3 Å². The highest BCUT2D eigenvalue weighted by atomic mass is 32.1. The molecule has 0 radical (unpaired) electrons. The highest BCUT2D eigenvalue weighted by Gasteiger charge is 2.34. The number of ether oxygens (including phenoxy) is 2. The van der Waals surface area contributed by atoms with Crippen LogP contribution in [0.15, 0.2) is 53.9 Å². The third-order valence-electron chi connectivity index (χ3n) is 7.37. The molecular weight excluding hydrogens is 458 g/mol. The summed E-state index contributed by atoms with van der Waals surface area (Å²) in [4.78, 5) is 21.6. The van der Waals surface area contributed by atoms with Gasteiger partial charge in [0.1, 0.15) is 13.2 Å². The van der Waals surface area contributed by atoms with Gasteiger partial charge in [0.2, 0.25) is 0 Å². The van der Waals surface area contributed by atoms with Gasteiger partial charge >= 0.3 is 0 Å². The number of piperazine rings is 1. The van der Waals surface area contributed by atoms with Crippen molar-refractivity contribution in [1.82, 2.24) is 4.90 Å². The maximum atomic E-state index is 13.8. The molecule has 1 amide bonds. The van der Waals surface area contributed by atoms with Gasteiger partial charge in [0.15, 0.2) is 11.5 Å². The third-order valence-corrected chi connectivity index (χ3v) is 8.37. The van der Waals surface area contributed by atoms with Crippen LogP contribution in [0.5, 0.6) is 11.5 Å². The van der Waals surface area contributed by atoms with Crippen LogP contribution in [-0.2, 0) is 6.42 Å². The molecule has 6 nitrogen and oxygen atoms in total. The zero-order chi connectivity index (χ0) is 23.8. The normalized spacial score (nSPS) is 20.0. The zero-order valence-corrected chi connectivity index (χ0v) is 20.9. The lowest BCUT2D eigenvalue weighted by molar-refractivity contribution is 0.0966. The number of hydrogen-bond donors (Lipinski definition) is 0. The van der Waals surface area contributed by atoms with Crippen molar-refractivity contribution in [2.45, 2.75) is 25.8 Å². The minimum Gasteiger partial charge on any atom is -0.486 e. The topological polar surface area (TPSA) is 45.3 Å². The second-order valence-electron chi connectivity index (χ2n) is 9.52. The summed E-state index contributed by atoms with van der Waals surface area (Å²) < 4.78 is 11.7. The molecule has 4 heterocycles. The average molecular weight is 490 g/mol. The van der Waals surface area contributed by atoms with Gasteiger partial charge in [0, 0.05) is 38.4 Å². The van der Waals surface area contributed by atoms with E-state index in [0.29, 0.717) is 13.2 Å². The molecule has 3 aromatic rings. The number of fused-ring (bicyclic) bond motifs is 2. The smallest absolute Gasteiger partial charge is 0.268 e. The lowest BCUT2D eigenvalue weighted by Crippen LogP contribution is -2.54. The van der Waals surface area contributed by atoms with Gasteiger partial charge in [-0.2, -0.15) is 0 Å². The first-order valence-electron chi connectivity index (χ1n) is 12.5. The Morgan fingerprint density at radius 1 is 0.971 bits per heavy atom. The third kappa shape index (κ3) is 4.28. The first-order chi connectivity index (χ1) is 17.2. The number of amides is 1. The number of anilines is 2. The molecule has 1 unspecified atom stereocenters. The number of hydrogen-bond acceptors (Lipinski definition) is 6. The number of aryl methyl sites for hydroxylation is 2. The van der Waals surface area contributed by atoms with E-state index in [1.54, 1.807) is 11.3 Å². The van der Waals surface area contributed by atoms with Crippen molar-refractivity contribution in [1.29, 1.82) is 0 Å². The van der Waals surface area contributed by atoms with Crippen LogP contribution in [0.1, 0.15) is 27.2 Å². The average Bonchev–Trinajstić information content (AvgIpc) is 3.34. The molecule has 6 rings (SSSR count). The van der Waals surface area contributed by atoms with E-state index in [0.717, 1.165) is 78.9 Å². The number of thiophene rings is 1. The molecule has 1 atom stereocenters. The second-order valence-corrected chi connectivity index (χ2v) is 10.4. The molecule has 0 saturated carbocycles. The van der Waals surface area contributed by atoms with Crippen molar-refractivity contribution in [2.24, 2.45) is 0 Å². The Labute approximate surface area is 210 Å². The van der Waals surface area contributed by atoms with Crippen LogP contribution in [0.2, 0.25) is 0 Å². The lowest BCUT2D eigenvalue weighted by Gasteiger charge is -2.42. The van der Waals surface area contributed by atoms with E-state index >= 15 is 0 Å². The van der Waals surface area contributed by atoms with Crippen molar-refractivity contribution < 1.29 is 14.3 Å². The van der Waals surface area contributed by atoms with Crippen LogP contribution < -0.4 is 19.3 Å². The Hall–Kier alpha value is -3.03. The number of rotatable bonds is 4. The van der Waals surface area contributed by atoms with Gasteiger partial charge in [-0.05, 0) is 60.5 Å². The monoisotopic (exact) mass is 489 g/mol. The molecule has 0 aliphatic carbocycles. The van der Waals surface area contributed by atoms with Crippen LogP contribution in [-0.4, -0.2) is 62.8 Å². The second kappa shape index (κ2) is 9.55. The Balaban J connectivity index is 1.18. The summed E-state index contributed by atoms with van der Waals surface area (Å²) in [5.41, 5.74) is 4.53. The molecule has 0 bridgehead atoms. The minimum atomic E-state index is 0.140. The highest BCUT2D eigenvalue weighted by Crippen LogP contribution is 2.40. The molecule has 0 N–H and O–H groups in total. The lowest BCUT2D eigenvalue weighted by atomic mass is 9.94. The van der Waals surface area contributed by atoms with Crippen molar-refractivity contribution >= 4 is 28.6 Å². The first-order valence-corrected chi connectivity index (χ1v) is 13.4. The molecule has 2 aromatic carbocycles. The molecule has 3 aliphatic rings. The summed E-state index contributed by atoms with van der Waals surface area (Å²) in [5.74, 6) is 1.86. The van der Waals surface area contributed by atoms with Crippen LogP contribution in [0.25, 0.3) is 0 Å². The number of nitrogens with zero attached hydrogens (tertiary/aromatic N) is 3. The molecule has 1 fully saturated rings. The van der Waals surface area contributed by atoms with Crippen LogP contribution in [0, 0.1) is 6.92 Å². The fraction of sp³-hybridized carbons (Fsp3) is 0.393. The predicted octanol–water partition coefficient (Wildman–Crippen LogP) is 4.61. The fourth-order valence-electron chi connectivity index (χ4n) is 5.53. The van der Waals surface area contributed by atoms with Gasteiger partial charge in [-0.25, -0.2) is 0 Å². The standard InChI is InChI=1S/C28H31N3O3S/c1-20-11-18-35-27(20)28(32)31-22(10-9-21-5-2-3-6-23(21)31)19-29-12-14-30(15-13-29)24-7-4-8-25-26(24)34-17-16-33-25/h2-8,11,18,22H,9-10,12-17,19H2,1H3. The van der Waals surface area contributed by atoms with Gasteiger partial charge in [-0.3, -0.25) is 9.69 Å². The van der Waals surface area contributed by atoms with Gasteiger partial charge in [0.05, 0.1) is 16.6 Å².